The SMILES string of the molecule is C=CC(=O)OCCOCCOCCOc1ccc(-c2ccc(C#N)cc2)cc1. The number of carbonyl (C=O) groups excluding carboxylic acids is 1. The third kappa shape index (κ3) is 7.62. The third-order valence-electron chi connectivity index (χ3n) is 3.71. The van der Waals surface area contributed by atoms with Crippen molar-refractivity contribution in [3.8, 4) is 22.9 Å². The lowest BCUT2D eigenvalue weighted by Crippen LogP contribution is -2.13. The Morgan fingerprint density at radius 3 is 1.96 bits per heavy atom. The van der Waals surface area contributed by atoms with Crippen molar-refractivity contribution >= 4 is 5.97 Å². The Morgan fingerprint density at radius 1 is 0.857 bits per heavy atom. The van der Waals surface area contributed by atoms with Crippen molar-refractivity contribution in [3.63, 3.8) is 0 Å². The molecule has 2 aromatic carbocycles. The van der Waals surface area contributed by atoms with E-state index in [1.165, 1.54) is 0 Å². The van der Waals surface area contributed by atoms with Crippen LogP contribution in [-0.4, -0.2) is 45.6 Å². The summed E-state index contributed by atoms with van der Waals surface area (Å²) in [6, 6.07) is 17.3. The minimum absolute atomic E-state index is 0.201. The molecular formula is C22H23NO5. The molecule has 2 rings (SSSR count). The Balaban J connectivity index is 1.56. The van der Waals surface area contributed by atoms with E-state index in [0.717, 1.165) is 23.0 Å². The first kappa shape index (κ1) is 21.2. The third-order valence-corrected chi connectivity index (χ3v) is 3.71. The van der Waals surface area contributed by atoms with Gasteiger partial charge in [-0.3, -0.25) is 0 Å². The molecule has 0 radical (unpaired) electrons. The summed E-state index contributed by atoms with van der Waals surface area (Å²) in [5.41, 5.74) is 2.75. The summed E-state index contributed by atoms with van der Waals surface area (Å²) in [5.74, 6) is 0.309. The van der Waals surface area contributed by atoms with E-state index in [1.54, 1.807) is 12.1 Å². The number of hydrogen-bond acceptors (Lipinski definition) is 6. The topological polar surface area (TPSA) is 77.8 Å². The molecule has 28 heavy (non-hydrogen) atoms. The summed E-state index contributed by atoms with van der Waals surface area (Å²) >= 11 is 0. The molecule has 146 valence electrons. The number of benzene rings is 2. The molecule has 0 amide bonds. The molecule has 0 unspecified atom stereocenters. The molecule has 0 fully saturated rings. The highest BCUT2D eigenvalue weighted by Crippen LogP contribution is 2.22. The molecule has 0 heterocycles. The van der Waals surface area contributed by atoms with Crippen LogP contribution in [0.5, 0.6) is 5.75 Å². The Labute approximate surface area is 164 Å². The summed E-state index contributed by atoms with van der Waals surface area (Å²) in [4.78, 5) is 10.8. The first-order chi connectivity index (χ1) is 13.7. The molecule has 0 bridgehead atoms. The molecule has 0 aliphatic rings. The van der Waals surface area contributed by atoms with Crippen LogP contribution in [0.4, 0.5) is 0 Å². The molecule has 0 saturated heterocycles. The number of nitriles is 1. The number of hydrogen-bond donors (Lipinski definition) is 0. The van der Waals surface area contributed by atoms with Crippen LogP contribution in [0.25, 0.3) is 11.1 Å². The van der Waals surface area contributed by atoms with E-state index < -0.39 is 5.97 Å². The Kier molecular flexibility index (Phi) is 9.28. The van der Waals surface area contributed by atoms with Gasteiger partial charge in [0.1, 0.15) is 19.0 Å². The molecule has 6 nitrogen and oxygen atoms in total. The summed E-state index contributed by atoms with van der Waals surface area (Å²) in [5, 5.41) is 8.84. The summed E-state index contributed by atoms with van der Waals surface area (Å²) in [6.45, 7) is 5.58. The first-order valence-electron chi connectivity index (χ1n) is 8.91. The predicted molar refractivity (Wildman–Crippen MR) is 105 cm³/mol. The first-order valence-corrected chi connectivity index (χ1v) is 8.91. The smallest absolute Gasteiger partial charge is 0.330 e. The number of nitrogens with zero attached hydrogens (tertiary/aromatic N) is 1. The number of esters is 1. The largest absolute Gasteiger partial charge is 0.491 e. The van der Waals surface area contributed by atoms with Crippen LogP contribution >= 0.6 is 0 Å². The van der Waals surface area contributed by atoms with Gasteiger partial charge in [-0.25, -0.2) is 4.79 Å². The van der Waals surface area contributed by atoms with Crippen LogP contribution in [0, 0.1) is 11.3 Å². The van der Waals surface area contributed by atoms with Crippen molar-refractivity contribution in [1.82, 2.24) is 0 Å². The monoisotopic (exact) mass is 381 g/mol. The molecule has 2 aromatic rings. The second kappa shape index (κ2) is 12.3. The average molecular weight is 381 g/mol. The van der Waals surface area contributed by atoms with Crippen LogP contribution < -0.4 is 4.74 Å². The van der Waals surface area contributed by atoms with Crippen molar-refractivity contribution in [2.75, 3.05) is 39.6 Å². The van der Waals surface area contributed by atoms with Gasteiger partial charge >= 0.3 is 5.97 Å². The maximum absolute atomic E-state index is 10.8. The van der Waals surface area contributed by atoms with Gasteiger partial charge in [0.05, 0.1) is 38.1 Å². The minimum atomic E-state index is -0.457. The van der Waals surface area contributed by atoms with Gasteiger partial charge in [-0.2, -0.15) is 5.26 Å². The fraction of sp³-hybridized carbons (Fsp3) is 0.273. The lowest BCUT2D eigenvalue weighted by molar-refractivity contribution is -0.139. The van der Waals surface area contributed by atoms with E-state index in [2.05, 4.69) is 12.6 Å². The molecule has 0 aliphatic carbocycles. The summed E-state index contributed by atoms with van der Waals surface area (Å²) in [6.07, 6.45) is 1.11. The van der Waals surface area contributed by atoms with E-state index in [-0.39, 0.29) is 6.61 Å². The maximum Gasteiger partial charge on any atom is 0.330 e. The summed E-state index contributed by atoms with van der Waals surface area (Å²) < 4.78 is 21.1. The van der Waals surface area contributed by atoms with Gasteiger partial charge in [-0.1, -0.05) is 30.8 Å². The molecule has 0 saturated carbocycles. The molecular weight excluding hydrogens is 358 g/mol. The average Bonchev–Trinajstić information content (AvgIpc) is 2.75. The van der Waals surface area contributed by atoms with Gasteiger partial charge in [0.15, 0.2) is 0 Å². The van der Waals surface area contributed by atoms with E-state index in [4.69, 9.17) is 24.2 Å². The molecule has 0 aromatic heterocycles. The van der Waals surface area contributed by atoms with E-state index in [9.17, 15) is 4.79 Å². The van der Waals surface area contributed by atoms with E-state index in [0.29, 0.717) is 38.6 Å². The minimum Gasteiger partial charge on any atom is -0.491 e. The Bertz CT molecular complexity index is 778. The van der Waals surface area contributed by atoms with Gasteiger partial charge in [0, 0.05) is 6.08 Å². The van der Waals surface area contributed by atoms with Crippen LogP contribution in [0.15, 0.2) is 61.2 Å². The molecule has 0 N–H and O–H groups in total. The van der Waals surface area contributed by atoms with Crippen LogP contribution in [0.2, 0.25) is 0 Å². The lowest BCUT2D eigenvalue weighted by Gasteiger charge is -2.09. The van der Waals surface area contributed by atoms with Crippen LogP contribution in [-0.2, 0) is 19.0 Å². The quantitative estimate of drug-likeness (QED) is 0.319. The van der Waals surface area contributed by atoms with Gasteiger partial charge in [0.2, 0.25) is 0 Å². The number of carbonyl (C=O) groups is 1. The highest BCUT2D eigenvalue weighted by atomic mass is 16.6. The Morgan fingerprint density at radius 2 is 1.39 bits per heavy atom. The number of ether oxygens (including phenoxy) is 4. The predicted octanol–water partition coefficient (Wildman–Crippen LogP) is 3.37. The maximum atomic E-state index is 10.8. The molecule has 0 aliphatic heterocycles. The van der Waals surface area contributed by atoms with E-state index >= 15 is 0 Å². The highest BCUT2D eigenvalue weighted by Gasteiger charge is 2.00. The second-order valence-corrected chi connectivity index (χ2v) is 5.66. The van der Waals surface area contributed by atoms with Gasteiger partial charge in [0.25, 0.3) is 0 Å². The second-order valence-electron chi connectivity index (χ2n) is 5.66. The standard InChI is InChI=1S/C22H23NO5/c1-2-22(24)28-16-14-26-12-11-25-13-15-27-21-9-7-20(8-10-21)19-5-3-18(17-23)4-6-19/h2-10H,1,11-16H2. The molecule has 0 spiro atoms. The fourth-order valence-corrected chi connectivity index (χ4v) is 2.28. The zero-order valence-electron chi connectivity index (χ0n) is 15.6. The van der Waals surface area contributed by atoms with Crippen molar-refractivity contribution in [1.29, 1.82) is 5.26 Å². The zero-order chi connectivity index (χ0) is 20.0. The lowest BCUT2D eigenvalue weighted by atomic mass is 10.0. The van der Waals surface area contributed by atoms with E-state index in [1.807, 2.05) is 36.4 Å². The van der Waals surface area contributed by atoms with Gasteiger partial charge in [-0.15, -0.1) is 0 Å². The molecule has 0 atom stereocenters. The van der Waals surface area contributed by atoms with Crippen LogP contribution in [0.3, 0.4) is 0 Å². The van der Waals surface area contributed by atoms with Crippen LogP contribution in [0.1, 0.15) is 5.56 Å². The molecule has 6 heteroatoms. The van der Waals surface area contributed by atoms with Crippen molar-refractivity contribution in [2.24, 2.45) is 0 Å². The highest BCUT2D eigenvalue weighted by molar-refractivity contribution is 5.81. The van der Waals surface area contributed by atoms with Crippen molar-refractivity contribution in [2.45, 2.75) is 0 Å². The van der Waals surface area contributed by atoms with Gasteiger partial charge in [-0.05, 0) is 35.4 Å². The fourth-order valence-electron chi connectivity index (χ4n) is 2.28. The van der Waals surface area contributed by atoms with Crippen molar-refractivity contribution < 1.29 is 23.7 Å². The normalized spacial score (nSPS) is 10.1. The van der Waals surface area contributed by atoms with Crippen molar-refractivity contribution in [3.05, 3.63) is 66.7 Å². The Hall–Kier alpha value is -3.14. The van der Waals surface area contributed by atoms with Gasteiger partial charge < -0.3 is 18.9 Å². The number of rotatable bonds is 12. The zero-order valence-corrected chi connectivity index (χ0v) is 15.6. The summed E-state index contributed by atoms with van der Waals surface area (Å²) in [7, 11) is 0.